The summed E-state index contributed by atoms with van der Waals surface area (Å²) in [5.41, 5.74) is 19.4. The van der Waals surface area contributed by atoms with Gasteiger partial charge in [0.25, 0.3) is 0 Å². The van der Waals surface area contributed by atoms with Gasteiger partial charge in [0.2, 0.25) is 0 Å². The SMILES string of the molecule is CC1(C)C2=C(C=CCC2)c2ccc(-n3c4ccccc4c4cc(-c5ccc(N(c6ccc(-c7ccc8oc9ccccc9c8c7)cc6)c6cccc7ccccc67)cc5)ccc43)cc21. The monoisotopic (exact) mass is 820 g/mol. The van der Waals surface area contributed by atoms with Gasteiger partial charge < -0.3 is 13.9 Å². The fourth-order valence-electron chi connectivity index (χ4n) is 10.9. The minimum absolute atomic E-state index is 0.0164. The highest BCUT2D eigenvalue weighted by Gasteiger charge is 2.37. The largest absolute Gasteiger partial charge is 0.456 e. The third kappa shape index (κ3) is 5.60. The second kappa shape index (κ2) is 14.1. The van der Waals surface area contributed by atoms with E-state index in [2.05, 4.69) is 217 Å². The van der Waals surface area contributed by atoms with E-state index in [0.717, 1.165) is 63.0 Å². The van der Waals surface area contributed by atoms with Crippen molar-refractivity contribution in [2.75, 3.05) is 4.90 Å². The first-order valence-corrected chi connectivity index (χ1v) is 22.5. The third-order valence-electron chi connectivity index (χ3n) is 14.1. The van der Waals surface area contributed by atoms with Crippen LogP contribution in [0.1, 0.15) is 37.8 Å². The van der Waals surface area contributed by atoms with E-state index in [1.165, 1.54) is 66.1 Å². The molecule has 0 N–H and O–H groups in total. The number of furan rings is 1. The molecule has 0 atom stereocenters. The Morgan fingerprint density at radius 2 is 1.12 bits per heavy atom. The Hall–Kier alpha value is -7.88. The fraction of sp³-hybridized carbons (Fsp3) is 0.0820. The van der Waals surface area contributed by atoms with Crippen molar-refractivity contribution in [1.82, 2.24) is 4.57 Å². The van der Waals surface area contributed by atoms with Gasteiger partial charge in [-0.05, 0) is 136 Å². The van der Waals surface area contributed by atoms with E-state index >= 15 is 0 Å². The van der Waals surface area contributed by atoms with Gasteiger partial charge in [0, 0.05) is 49.4 Å². The van der Waals surface area contributed by atoms with Gasteiger partial charge in [-0.2, -0.15) is 0 Å². The number of nitrogens with zero attached hydrogens (tertiary/aromatic N) is 2. The molecule has 0 spiro atoms. The highest BCUT2D eigenvalue weighted by atomic mass is 16.3. The van der Waals surface area contributed by atoms with Crippen molar-refractivity contribution >= 4 is 77.2 Å². The average Bonchev–Trinajstić information content (AvgIpc) is 3.97. The van der Waals surface area contributed by atoms with Crippen molar-refractivity contribution in [3.63, 3.8) is 0 Å². The molecule has 13 rings (SSSR count). The molecule has 2 aliphatic rings. The molecule has 0 unspecified atom stereocenters. The van der Waals surface area contributed by atoms with Crippen LogP contribution in [0.2, 0.25) is 0 Å². The van der Waals surface area contributed by atoms with Crippen molar-refractivity contribution in [3.8, 4) is 27.9 Å². The molecule has 0 radical (unpaired) electrons. The average molecular weight is 821 g/mol. The van der Waals surface area contributed by atoms with Crippen molar-refractivity contribution < 1.29 is 4.42 Å². The molecule has 2 aliphatic carbocycles. The second-order valence-corrected chi connectivity index (χ2v) is 18.0. The van der Waals surface area contributed by atoms with Gasteiger partial charge in [-0.1, -0.05) is 147 Å². The molecule has 304 valence electrons. The first kappa shape index (κ1) is 36.7. The van der Waals surface area contributed by atoms with Crippen molar-refractivity contribution in [1.29, 1.82) is 0 Å². The van der Waals surface area contributed by atoms with E-state index in [9.17, 15) is 0 Å². The summed E-state index contributed by atoms with van der Waals surface area (Å²) in [4.78, 5) is 2.39. The summed E-state index contributed by atoms with van der Waals surface area (Å²) in [5, 5.41) is 7.21. The number of rotatable bonds is 6. The number of fused-ring (bicyclic) bond motifs is 9. The number of hydrogen-bond acceptors (Lipinski definition) is 2. The summed E-state index contributed by atoms with van der Waals surface area (Å²) in [6.07, 6.45) is 6.95. The highest BCUT2D eigenvalue weighted by Crippen LogP contribution is 2.51. The lowest BCUT2D eigenvalue weighted by Crippen LogP contribution is -2.18. The smallest absolute Gasteiger partial charge is 0.135 e. The Balaban J connectivity index is 0.879. The molecule has 0 bridgehead atoms. The maximum Gasteiger partial charge on any atom is 0.135 e. The maximum absolute atomic E-state index is 6.14. The molecule has 0 amide bonds. The molecule has 0 aliphatic heterocycles. The Bertz CT molecular complexity index is 3740. The van der Waals surface area contributed by atoms with Crippen molar-refractivity contribution in [3.05, 3.63) is 223 Å². The fourth-order valence-corrected chi connectivity index (χ4v) is 10.9. The number of anilines is 3. The molecule has 2 heterocycles. The lowest BCUT2D eigenvalue weighted by molar-refractivity contribution is 0.607. The molecular formula is C61H44N2O. The number of hydrogen-bond donors (Lipinski definition) is 0. The van der Waals surface area contributed by atoms with Crippen LogP contribution in [0.15, 0.2) is 216 Å². The first-order valence-electron chi connectivity index (χ1n) is 22.5. The number of para-hydroxylation sites is 2. The predicted molar refractivity (Wildman–Crippen MR) is 269 cm³/mol. The molecule has 64 heavy (non-hydrogen) atoms. The van der Waals surface area contributed by atoms with Gasteiger partial charge in [0.1, 0.15) is 11.2 Å². The summed E-state index contributed by atoms with van der Waals surface area (Å²) in [6, 6.07) is 71.1. The van der Waals surface area contributed by atoms with E-state index in [0.29, 0.717) is 0 Å². The molecular weight excluding hydrogens is 777 g/mol. The molecule has 3 nitrogen and oxygen atoms in total. The van der Waals surface area contributed by atoms with E-state index < -0.39 is 0 Å². The zero-order valence-electron chi connectivity index (χ0n) is 35.8. The van der Waals surface area contributed by atoms with Crippen LogP contribution in [0.4, 0.5) is 17.1 Å². The van der Waals surface area contributed by atoms with Crippen molar-refractivity contribution in [2.24, 2.45) is 0 Å². The van der Waals surface area contributed by atoms with Crippen LogP contribution < -0.4 is 4.90 Å². The predicted octanol–water partition coefficient (Wildman–Crippen LogP) is 17.0. The summed E-state index contributed by atoms with van der Waals surface area (Å²) >= 11 is 0. The summed E-state index contributed by atoms with van der Waals surface area (Å²) < 4.78 is 8.60. The Kier molecular flexibility index (Phi) is 8.08. The molecule has 2 aromatic heterocycles. The topological polar surface area (TPSA) is 21.3 Å². The van der Waals surface area contributed by atoms with Gasteiger partial charge in [-0.3, -0.25) is 0 Å². The quantitative estimate of drug-likeness (QED) is 0.167. The Morgan fingerprint density at radius 1 is 0.500 bits per heavy atom. The van der Waals surface area contributed by atoms with E-state index in [-0.39, 0.29) is 5.41 Å². The highest BCUT2D eigenvalue weighted by molar-refractivity contribution is 6.11. The maximum atomic E-state index is 6.14. The van der Waals surface area contributed by atoms with Crippen LogP contribution in [0.5, 0.6) is 0 Å². The zero-order chi connectivity index (χ0) is 42.5. The number of benzene rings is 9. The lowest BCUT2D eigenvalue weighted by atomic mass is 9.78. The van der Waals surface area contributed by atoms with Crippen LogP contribution in [-0.4, -0.2) is 4.57 Å². The van der Waals surface area contributed by atoms with Crippen LogP contribution in [0, 0.1) is 0 Å². The number of aromatic nitrogens is 1. The van der Waals surface area contributed by atoms with Gasteiger partial charge >= 0.3 is 0 Å². The standard InChI is InChI=1S/C61H44N2O/c1-61(2)54-18-8-5-15-48(54)49-33-32-46(38-55(49)61)63-57-19-9-6-16-50(57)52-36-42(26-34-58(52)63)39-22-28-44(29-23-39)62(56-20-11-13-41-12-3-4-14-47(41)56)45-30-24-40(25-31-45)43-27-35-60-53(37-43)51-17-7-10-21-59(51)64-60/h3-7,9-17,19-38H,8,18H2,1-2H3. The summed E-state index contributed by atoms with van der Waals surface area (Å²) in [6.45, 7) is 4.81. The van der Waals surface area contributed by atoms with E-state index in [1.807, 2.05) is 12.1 Å². The van der Waals surface area contributed by atoms with Crippen LogP contribution >= 0.6 is 0 Å². The first-order chi connectivity index (χ1) is 31.5. The van der Waals surface area contributed by atoms with Crippen LogP contribution in [0.25, 0.3) is 88.0 Å². The lowest BCUT2D eigenvalue weighted by Gasteiger charge is -2.27. The molecule has 0 saturated carbocycles. The van der Waals surface area contributed by atoms with Crippen LogP contribution in [0.3, 0.4) is 0 Å². The second-order valence-electron chi connectivity index (χ2n) is 18.0. The summed E-state index contributed by atoms with van der Waals surface area (Å²) in [5.74, 6) is 0. The minimum atomic E-state index is 0.0164. The summed E-state index contributed by atoms with van der Waals surface area (Å²) in [7, 11) is 0. The van der Waals surface area contributed by atoms with E-state index in [4.69, 9.17) is 4.42 Å². The third-order valence-corrected chi connectivity index (χ3v) is 14.1. The zero-order valence-corrected chi connectivity index (χ0v) is 35.8. The number of allylic oxidation sites excluding steroid dienone is 4. The van der Waals surface area contributed by atoms with Gasteiger partial charge in [-0.25, -0.2) is 0 Å². The molecule has 0 fully saturated rings. The Morgan fingerprint density at radius 3 is 1.92 bits per heavy atom. The molecule has 11 aromatic rings. The van der Waals surface area contributed by atoms with Crippen molar-refractivity contribution in [2.45, 2.75) is 32.1 Å². The molecule has 0 saturated heterocycles. The van der Waals surface area contributed by atoms with Crippen LogP contribution in [-0.2, 0) is 5.41 Å². The van der Waals surface area contributed by atoms with Gasteiger partial charge in [-0.15, -0.1) is 0 Å². The minimum Gasteiger partial charge on any atom is -0.456 e. The van der Waals surface area contributed by atoms with E-state index in [1.54, 1.807) is 5.57 Å². The van der Waals surface area contributed by atoms with Gasteiger partial charge in [0.15, 0.2) is 0 Å². The molecule has 3 heteroatoms. The molecule has 9 aromatic carbocycles. The Labute approximate surface area is 372 Å². The normalized spacial score (nSPS) is 14.3. The van der Waals surface area contributed by atoms with Gasteiger partial charge in [0.05, 0.1) is 16.7 Å².